The van der Waals surface area contributed by atoms with E-state index in [1.54, 1.807) is 6.07 Å². The monoisotopic (exact) mass is 382 g/mol. The van der Waals surface area contributed by atoms with Crippen LogP contribution in [-0.2, 0) is 4.79 Å². The molecule has 0 bridgehead atoms. The normalized spacial score (nSPS) is 12.9. The maximum Gasteiger partial charge on any atom is 0.573 e. The second-order valence-electron chi connectivity index (χ2n) is 5.31. The van der Waals surface area contributed by atoms with E-state index < -0.39 is 18.1 Å². The molecule has 27 heavy (non-hydrogen) atoms. The Morgan fingerprint density at radius 2 is 1.85 bits per heavy atom. The average Bonchev–Trinajstić information content (AvgIpc) is 2.61. The van der Waals surface area contributed by atoms with Crippen LogP contribution in [0.1, 0.15) is 0 Å². The molecule has 0 unspecified atom stereocenters. The zero-order valence-corrected chi connectivity index (χ0v) is 13.7. The highest BCUT2D eigenvalue weighted by Gasteiger charge is 2.31. The second kappa shape index (κ2) is 7.44. The summed E-state index contributed by atoms with van der Waals surface area (Å²) in [4.78, 5) is 24.5. The van der Waals surface area contributed by atoms with Gasteiger partial charge in [-0.25, -0.2) is 9.69 Å². The third-order valence-corrected chi connectivity index (χ3v) is 3.45. The van der Waals surface area contributed by atoms with Crippen molar-refractivity contribution in [1.82, 2.24) is 0 Å². The fourth-order valence-electron chi connectivity index (χ4n) is 2.36. The molecule has 3 rings (SSSR count). The molecule has 0 atom stereocenters. The van der Waals surface area contributed by atoms with Gasteiger partial charge in [0.2, 0.25) is 6.41 Å². The lowest BCUT2D eigenvalue weighted by atomic mass is 10.2. The fourth-order valence-corrected chi connectivity index (χ4v) is 2.36. The van der Waals surface area contributed by atoms with Gasteiger partial charge in [-0.2, -0.15) is 0 Å². The number of carbonyl (C=O) groups excluding carboxylic acids is 2. The molecule has 0 radical (unpaired) electrons. The molecule has 0 saturated heterocycles. The van der Waals surface area contributed by atoms with Crippen molar-refractivity contribution in [3.63, 3.8) is 0 Å². The average molecular weight is 382 g/mol. The Morgan fingerprint density at radius 3 is 2.56 bits per heavy atom. The third-order valence-electron chi connectivity index (χ3n) is 3.45. The van der Waals surface area contributed by atoms with Crippen LogP contribution in [0.5, 0.6) is 17.2 Å². The molecule has 2 aromatic rings. The highest BCUT2D eigenvalue weighted by Crippen LogP contribution is 2.34. The number of hydrogen-bond donors (Lipinski definition) is 1. The first kappa shape index (κ1) is 18.4. The molecule has 0 aromatic heterocycles. The van der Waals surface area contributed by atoms with Crippen LogP contribution in [0.15, 0.2) is 42.5 Å². The van der Waals surface area contributed by atoms with Crippen LogP contribution in [0.3, 0.4) is 0 Å². The number of rotatable bonds is 4. The molecule has 142 valence electrons. The van der Waals surface area contributed by atoms with Gasteiger partial charge in [-0.1, -0.05) is 6.07 Å². The smallest absolute Gasteiger partial charge is 0.486 e. The zero-order valence-electron chi connectivity index (χ0n) is 13.7. The Bertz CT molecular complexity index is 857. The van der Waals surface area contributed by atoms with Crippen LogP contribution in [0, 0.1) is 0 Å². The minimum Gasteiger partial charge on any atom is -0.486 e. The van der Waals surface area contributed by atoms with Gasteiger partial charge in [0.05, 0.1) is 5.69 Å². The zero-order chi connectivity index (χ0) is 19.4. The van der Waals surface area contributed by atoms with Crippen LogP contribution in [0.4, 0.5) is 29.3 Å². The Kier molecular flexibility index (Phi) is 5.06. The number of imide groups is 1. The number of halogens is 3. The first-order valence-corrected chi connectivity index (χ1v) is 7.67. The lowest BCUT2D eigenvalue weighted by Crippen LogP contribution is -2.33. The van der Waals surface area contributed by atoms with E-state index >= 15 is 0 Å². The molecule has 2 aromatic carbocycles. The minimum absolute atomic E-state index is 0.0196. The molecule has 0 spiro atoms. The van der Waals surface area contributed by atoms with Crippen molar-refractivity contribution >= 4 is 23.8 Å². The van der Waals surface area contributed by atoms with E-state index in [9.17, 15) is 22.8 Å². The molecule has 0 saturated carbocycles. The summed E-state index contributed by atoms with van der Waals surface area (Å²) in [7, 11) is 0. The lowest BCUT2D eigenvalue weighted by molar-refractivity contribution is -0.274. The van der Waals surface area contributed by atoms with E-state index in [1.165, 1.54) is 24.3 Å². The van der Waals surface area contributed by atoms with E-state index in [4.69, 9.17) is 9.47 Å². The number of fused-ring (bicyclic) bond motifs is 1. The number of ether oxygens (including phenoxy) is 3. The molecule has 3 amide bonds. The van der Waals surface area contributed by atoms with Gasteiger partial charge >= 0.3 is 12.4 Å². The van der Waals surface area contributed by atoms with Crippen molar-refractivity contribution in [2.24, 2.45) is 0 Å². The fraction of sp³-hybridized carbons (Fsp3) is 0.176. The number of nitrogens with one attached hydrogen (secondary N) is 1. The second-order valence-corrected chi connectivity index (χ2v) is 5.31. The number of anilines is 2. The Labute approximate surface area is 151 Å². The minimum atomic E-state index is -4.86. The van der Waals surface area contributed by atoms with Crippen molar-refractivity contribution in [3.05, 3.63) is 42.5 Å². The molecule has 1 aliphatic heterocycles. The van der Waals surface area contributed by atoms with Crippen LogP contribution in [0.2, 0.25) is 0 Å². The van der Waals surface area contributed by atoms with Gasteiger partial charge < -0.3 is 19.5 Å². The predicted octanol–water partition coefficient (Wildman–Crippen LogP) is 3.55. The van der Waals surface area contributed by atoms with E-state index in [2.05, 4.69) is 10.1 Å². The van der Waals surface area contributed by atoms with Gasteiger partial charge in [0.15, 0.2) is 11.5 Å². The van der Waals surface area contributed by atoms with Crippen LogP contribution < -0.4 is 24.4 Å². The van der Waals surface area contributed by atoms with E-state index in [0.29, 0.717) is 24.7 Å². The van der Waals surface area contributed by atoms with Crippen molar-refractivity contribution in [1.29, 1.82) is 0 Å². The van der Waals surface area contributed by atoms with Crippen molar-refractivity contribution in [2.75, 3.05) is 23.4 Å². The molecule has 7 nitrogen and oxygen atoms in total. The number of carbonyl (C=O) groups is 2. The highest BCUT2D eigenvalue weighted by molar-refractivity contribution is 6.12. The molecule has 1 heterocycles. The molecule has 10 heteroatoms. The van der Waals surface area contributed by atoms with Gasteiger partial charge in [-0.15, -0.1) is 13.2 Å². The number of alkyl halides is 3. The van der Waals surface area contributed by atoms with Gasteiger partial charge in [-0.3, -0.25) is 4.79 Å². The molecular weight excluding hydrogens is 369 g/mol. The van der Waals surface area contributed by atoms with Crippen molar-refractivity contribution in [2.45, 2.75) is 6.36 Å². The number of benzene rings is 2. The lowest BCUT2D eigenvalue weighted by Gasteiger charge is -2.21. The highest BCUT2D eigenvalue weighted by atomic mass is 19.4. The Balaban J connectivity index is 1.76. The predicted molar refractivity (Wildman–Crippen MR) is 88.1 cm³/mol. The first-order valence-electron chi connectivity index (χ1n) is 7.67. The quantitative estimate of drug-likeness (QED) is 0.819. The number of hydrogen-bond acceptors (Lipinski definition) is 5. The number of urea groups is 1. The summed E-state index contributed by atoms with van der Waals surface area (Å²) in [5.74, 6) is 0.351. The molecule has 0 fully saturated rings. The topological polar surface area (TPSA) is 77.1 Å². The van der Waals surface area contributed by atoms with Crippen molar-refractivity contribution in [3.8, 4) is 17.2 Å². The Morgan fingerprint density at radius 1 is 1.11 bits per heavy atom. The largest absolute Gasteiger partial charge is 0.573 e. The number of nitrogens with zero attached hydrogens (tertiary/aromatic N) is 1. The maximum atomic E-state index is 12.4. The van der Waals surface area contributed by atoms with E-state index in [-0.39, 0.29) is 17.8 Å². The third kappa shape index (κ3) is 4.60. The molecule has 0 aliphatic carbocycles. The van der Waals surface area contributed by atoms with Gasteiger partial charge in [-0.05, 0) is 24.3 Å². The first-order chi connectivity index (χ1) is 12.9. The summed E-state index contributed by atoms with van der Waals surface area (Å²) in [5, 5.41) is 2.33. The van der Waals surface area contributed by atoms with Crippen LogP contribution in [-0.4, -0.2) is 32.0 Å². The number of amides is 3. The van der Waals surface area contributed by atoms with E-state index in [0.717, 1.165) is 17.0 Å². The summed E-state index contributed by atoms with van der Waals surface area (Å²) in [6, 6.07) is 8.30. The van der Waals surface area contributed by atoms with Gasteiger partial charge in [0, 0.05) is 17.8 Å². The molecular formula is C17H13F3N2O5. The summed E-state index contributed by atoms with van der Waals surface area (Å²) in [6.07, 6.45) is -4.58. The summed E-state index contributed by atoms with van der Waals surface area (Å²) >= 11 is 0. The van der Waals surface area contributed by atoms with Crippen LogP contribution in [0.25, 0.3) is 0 Å². The SMILES string of the molecule is O=CN(C(=O)Nc1cccc(OC(F)(F)F)c1)c1ccc2c(c1)OCCO2. The van der Waals surface area contributed by atoms with Gasteiger partial charge in [0.25, 0.3) is 0 Å². The Hall–Kier alpha value is -3.43. The summed E-state index contributed by atoms with van der Waals surface area (Å²) in [6.45, 7) is 0.719. The molecule has 1 aliphatic rings. The van der Waals surface area contributed by atoms with Crippen LogP contribution >= 0.6 is 0 Å². The summed E-state index contributed by atoms with van der Waals surface area (Å²) in [5.41, 5.74) is 0.223. The van der Waals surface area contributed by atoms with E-state index in [1.807, 2.05) is 0 Å². The standard InChI is InChI=1S/C17H13F3N2O5/c18-17(19,20)27-13-3-1-2-11(8-13)21-16(24)22(10-23)12-4-5-14-15(9-12)26-7-6-25-14/h1-5,8-10H,6-7H2,(H,21,24). The summed E-state index contributed by atoms with van der Waals surface area (Å²) < 4.78 is 51.4. The van der Waals surface area contributed by atoms with Crippen molar-refractivity contribution < 1.29 is 37.0 Å². The maximum absolute atomic E-state index is 12.4. The van der Waals surface area contributed by atoms with Gasteiger partial charge in [0.1, 0.15) is 19.0 Å². The molecule has 1 N–H and O–H groups in total.